The highest BCUT2D eigenvalue weighted by molar-refractivity contribution is 6.15. The quantitative estimate of drug-likeness (QED) is 0.449. The molecule has 4 N–H and O–H groups in total. The number of halogens is 3. The largest absolute Gasteiger partial charge is 0.435 e. The molecule has 0 aliphatic heterocycles. The molecule has 0 spiro atoms. The molecule has 35 heavy (non-hydrogen) atoms. The van der Waals surface area contributed by atoms with Crippen molar-refractivity contribution in [2.45, 2.75) is 19.6 Å². The second-order valence-corrected chi connectivity index (χ2v) is 7.53. The molecule has 0 saturated carbocycles. The van der Waals surface area contributed by atoms with Crippen LogP contribution in [0, 0.1) is 18.3 Å². The van der Waals surface area contributed by atoms with Crippen molar-refractivity contribution in [2.24, 2.45) is 11.5 Å². The number of nitrogens with zero attached hydrogens (tertiary/aromatic N) is 5. The number of rotatable bonds is 5. The normalized spacial score (nSPS) is 11.4. The van der Waals surface area contributed by atoms with E-state index < -0.39 is 40.5 Å². The third kappa shape index (κ3) is 4.04. The first kappa shape index (κ1) is 23.4. The van der Waals surface area contributed by atoms with Gasteiger partial charge in [0.05, 0.1) is 28.9 Å². The van der Waals surface area contributed by atoms with Gasteiger partial charge in [0.25, 0.3) is 5.91 Å². The molecule has 2 amide bonds. The molecular formula is C23H16F3N7O2. The maximum atomic E-state index is 14.2. The lowest BCUT2D eigenvalue weighted by Crippen LogP contribution is -2.21. The lowest BCUT2D eigenvalue weighted by molar-refractivity contribution is -0.141. The van der Waals surface area contributed by atoms with Gasteiger partial charge in [0.1, 0.15) is 11.8 Å². The molecule has 0 aliphatic rings. The zero-order chi connectivity index (χ0) is 25.5. The van der Waals surface area contributed by atoms with Gasteiger partial charge in [-0.15, -0.1) is 0 Å². The van der Waals surface area contributed by atoms with Gasteiger partial charge in [0, 0.05) is 28.4 Å². The monoisotopic (exact) mass is 479 g/mol. The molecule has 4 rings (SSSR count). The first-order valence-electron chi connectivity index (χ1n) is 10.1. The van der Waals surface area contributed by atoms with Crippen LogP contribution in [0.5, 0.6) is 0 Å². The lowest BCUT2D eigenvalue weighted by Gasteiger charge is -2.16. The summed E-state index contributed by atoms with van der Waals surface area (Å²) in [6, 6.07) is 11.0. The Labute approximate surface area is 195 Å². The van der Waals surface area contributed by atoms with Crippen LogP contribution >= 0.6 is 0 Å². The molecule has 3 aromatic heterocycles. The van der Waals surface area contributed by atoms with Crippen LogP contribution in [0.3, 0.4) is 0 Å². The van der Waals surface area contributed by atoms with Crippen molar-refractivity contribution in [1.29, 1.82) is 5.26 Å². The van der Waals surface area contributed by atoms with E-state index in [9.17, 15) is 28.0 Å². The van der Waals surface area contributed by atoms with E-state index >= 15 is 0 Å². The molecule has 0 bridgehead atoms. The van der Waals surface area contributed by atoms with Crippen LogP contribution < -0.4 is 11.5 Å². The maximum Gasteiger partial charge on any atom is 0.435 e. The Morgan fingerprint density at radius 3 is 2.43 bits per heavy atom. The van der Waals surface area contributed by atoms with Gasteiger partial charge in [-0.05, 0) is 25.1 Å². The molecule has 0 aliphatic carbocycles. The number of carbonyl (C=O) groups excluding carboxylic acids is 2. The summed E-state index contributed by atoms with van der Waals surface area (Å²) in [7, 11) is 0. The minimum Gasteiger partial charge on any atom is -0.366 e. The number of fused-ring (bicyclic) bond motifs is 1. The summed E-state index contributed by atoms with van der Waals surface area (Å²) in [5, 5.41) is 13.2. The Hall–Kier alpha value is -4.79. The van der Waals surface area contributed by atoms with Crippen LogP contribution in [-0.4, -0.2) is 31.6 Å². The molecule has 0 atom stereocenters. The van der Waals surface area contributed by atoms with E-state index in [2.05, 4.69) is 15.1 Å². The summed E-state index contributed by atoms with van der Waals surface area (Å²) in [6.07, 6.45) is -3.59. The molecule has 3 heterocycles. The predicted octanol–water partition coefficient (Wildman–Crippen LogP) is 2.94. The van der Waals surface area contributed by atoms with E-state index in [1.54, 1.807) is 12.1 Å². The fourth-order valence-corrected chi connectivity index (χ4v) is 3.90. The van der Waals surface area contributed by atoms with Crippen LogP contribution in [0.1, 0.15) is 43.5 Å². The highest BCUT2D eigenvalue weighted by Gasteiger charge is 2.41. The van der Waals surface area contributed by atoms with Crippen LogP contribution in [0.15, 0.2) is 42.6 Å². The predicted molar refractivity (Wildman–Crippen MR) is 118 cm³/mol. The number of nitrogens with two attached hydrogens (primary N) is 2. The second-order valence-electron chi connectivity index (χ2n) is 7.53. The number of hydrogen-bond acceptors (Lipinski definition) is 6. The van der Waals surface area contributed by atoms with E-state index in [0.717, 1.165) is 4.68 Å². The molecule has 0 unspecified atom stereocenters. The summed E-state index contributed by atoms with van der Waals surface area (Å²) in [5.41, 5.74) is 8.22. The highest BCUT2D eigenvalue weighted by Crippen LogP contribution is 2.42. The van der Waals surface area contributed by atoms with Gasteiger partial charge in [0.2, 0.25) is 5.91 Å². The standard InChI is InChI=1S/C23H16F3N7O2/c1-11-16(18-17(21(28)34)13-6-2-3-7-14(13)31-19(18)22(29)35)20(23(24,25)26)32-33(11)10-15-12(9-27)5-4-8-30-15/h2-8H,10H2,1H3,(H2,28,34)(H2,29,35). The molecule has 12 heteroatoms. The van der Waals surface area contributed by atoms with Gasteiger partial charge >= 0.3 is 6.18 Å². The second kappa shape index (κ2) is 8.53. The smallest absolute Gasteiger partial charge is 0.366 e. The molecule has 0 saturated heterocycles. The summed E-state index contributed by atoms with van der Waals surface area (Å²) in [6.45, 7) is 1.05. The van der Waals surface area contributed by atoms with Crippen molar-refractivity contribution >= 4 is 22.7 Å². The molecule has 4 aromatic rings. The van der Waals surface area contributed by atoms with Crippen LogP contribution in [0.25, 0.3) is 22.0 Å². The summed E-state index contributed by atoms with van der Waals surface area (Å²) >= 11 is 0. The van der Waals surface area contributed by atoms with Crippen molar-refractivity contribution in [3.05, 3.63) is 76.5 Å². The van der Waals surface area contributed by atoms with Crippen LogP contribution in [0.2, 0.25) is 0 Å². The molecule has 176 valence electrons. The van der Waals surface area contributed by atoms with E-state index in [1.165, 1.54) is 37.4 Å². The molecule has 0 radical (unpaired) electrons. The van der Waals surface area contributed by atoms with E-state index in [4.69, 9.17) is 11.5 Å². The molecular weight excluding hydrogens is 463 g/mol. The zero-order valence-corrected chi connectivity index (χ0v) is 18.1. The Morgan fingerprint density at radius 2 is 1.80 bits per heavy atom. The summed E-state index contributed by atoms with van der Waals surface area (Å²) in [4.78, 5) is 33.0. The van der Waals surface area contributed by atoms with E-state index in [1.807, 2.05) is 6.07 Å². The van der Waals surface area contributed by atoms with Crippen molar-refractivity contribution < 1.29 is 22.8 Å². The van der Waals surface area contributed by atoms with Crippen molar-refractivity contribution in [2.75, 3.05) is 0 Å². The number of para-hydroxylation sites is 1. The number of pyridine rings is 2. The van der Waals surface area contributed by atoms with Crippen LogP contribution in [-0.2, 0) is 12.7 Å². The minimum atomic E-state index is -4.98. The molecule has 0 fully saturated rings. The number of alkyl halides is 3. The number of nitriles is 1. The lowest BCUT2D eigenvalue weighted by atomic mass is 9.92. The average Bonchev–Trinajstić information content (AvgIpc) is 3.14. The third-order valence-corrected chi connectivity index (χ3v) is 5.41. The van der Waals surface area contributed by atoms with E-state index in [0.29, 0.717) is 0 Å². The first-order valence-corrected chi connectivity index (χ1v) is 10.1. The highest BCUT2D eigenvalue weighted by atomic mass is 19.4. The molecule has 1 aromatic carbocycles. The number of primary amides is 2. The van der Waals surface area contributed by atoms with Crippen molar-refractivity contribution in [3.63, 3.8) is 0 Å². The van der Waals surface area contributed by atoms with Gasteiger partial charge in [-0.25, -0.2) is 4.98 Å². The fraction of sp³-hybridized carbons (Fsp3) is 0.130. The summed E-state index contributed by atoms with van der Waals surface area (Å²) < 4.78 is 43.6. The Balaban J connectivity index is 2.11. The maximum absolute atomic E-state index is 14.2. The Morgan fingerprint density at radius 1 is 1.09 bits per heavy atom. The number of benzene rings is 1. The van der Waals surface area contributed by atoms with Gasteiger partial charge in [-0.2, -0.15) is 23.5 Å². The number of carbonyl (C=O) groups is 2. The Kier molecular flexibility index (Phi) is 5.69. The van der Waals surface area contributed by atoms with Crippen molar-refractivity contribution in [1.82, 2.24) is 19.7 Å². The number of aromatic nitrogens is 4. The number of amides is 2. The van der Waals surface area contributed by atoms with Gasteiger partial charge < -0.3 is 11.5 Å². The number of hydrogen-bond donors (Lipinski definition) is 2. The minimum absolute atomic E-state index is 0.0612. The Bertz CT molecular complexity index is 1550. The van der Waals surface area contributed by atoms with Gasteiger partial charge in [-0.1, -0.05) is 18.2 Å². The van der Waals surface area contributed by atoms with Gasteiger partial charge in [-0.3, -0.25) is 19.3 Å². The third-order valence-electron chi connectivity index (χ3n) is 5.41. The summed E-state index contributed by atoms with van der Waals surface area (Å²) in [5.74, 6) is -2.22. The van der Waals surface area contributed by atoms with E-state index in [-0.39, 0.29) is 40.0 Å². The topological polar surface area (TPSA) is 154 Å². The van der Waals surface area contributed by atoms with Crippen molar-refractivity contribution in [3.8, 4) is 17.2 Å². The first-order chi connectivity index (χ1) is 16.5. The SMILES string of the molecule is Cc1c(-c2c(C(N)=O)nc3ccccc3c2C(N)=O)c(C(F)(F)F)nn1Cc1ncccc1C#N. The molecule has 9 nitrogen and oxygen atoms in total. The average molecular weight is 479 g/mol. The van der Waals surface area contributed by atoms with Gasteiger partial charge in [0.15, 0.2) is 5.69 Å². The fourth-order valence-electron chi connectivity index (χ4n) is 3.90. The van der Waals surface area contributed by atoms with Crippen LogP contribution in [0.4, 0.5) is 13.2 Å². The zero-order valence-electron chi connectivity index (χ0n) is 18.1.